The molecule has 7 heteroatoms. The van der Waals surface area contributed by atoms with E-state index in [0.29, 0.717) is 5.95 Å². The van der Waals surface area contributed by atoms with E-state index in [2.05, 4.69) is 20.6 Å². The number of amides is 1. The zero-order valence-corrected chi connectivity index (χ0v) is 13.3. The molecule has 0 aliphatic rings. The molecule has 2 N–H and O–H groups in total. The first-order chi connectivity index (χ1) is 12.0. The van der Waals surface area contributed by atoms with Gasteiger partial charge in [0, 0.05) is 18.1 Å². The third-order valence-corrected chi connectivity index (χ3v) is 3.39. The maximum atomic E-state index is 13.6. The monoisotopic (exact) mass is 340 g/mol. The van der Waals surface area contributed by atoms with Crippen LogP contribution in [0.25, 0.3) is 0 Å². The minimum Gasteiger partial charge on any atom is -0.324 e. The average Bonchev–Trinajstić information content (AvgIpc) is 2.59. The molecule has 25 heavy (non-hydrogen) atoms. The highest BCUT2D eigenvalue weighted by Gasteiger charge is 2.14. The smallest absolute Gasteiger partial charge is 0.258 e. The van der Waals surface area contributed by atoms with Gasteiger partial charge in [-0.3, -0.25) is 4.79 Å². The molecular formula is C18H14F2N4O. The van der Waals surface area contributed by atoms with Crippen LogP contribution in [0, 0.1) is 18.6 Å². The second-order valence-electron chi connectivity index (χ2n) is 5.34. The van der Waals surface area contributed by atoms with Crippen LogP contribution >= 0.6 is 0 Å². The van der Waals surface area contributed by atoms with Crippen molar-refractivity contribution >= 4 is 23.2 Å². The van der Waals surface area contributed by atoms with E-state index in [1.807, 2.05) is 31.2 Å². The summed E-state index contributed by atoms with van der Waals surface area (Å²) in [6, 6.07) is 11.0. The fraction of sp³-hybridized carbons (Fsp3) is 0.0556. The van der Waals surface area contributed by atoms with E-state index in [1.165, 1.54) is 18.5 Å². The number of para-hydroxylation sites is 1. The van der Waals surface area contributed by atoms with E-state index in [-0.39, 0.29) is 5.56 Å². The van der Waals surface area contributed by atoms with Gasteiger partial charge in [-0.25, -0.2) is 18.7 Å². The Labute approximate surface area is 142 Å². The number of carbonyl (C=O) groups is 1. The highest BCUT2D eigenvalue weighted by atomic mass is 19.1. The van der Waals surface area contributed by atoms with Crippen LogP contribution in [0.5, 0.6) is 0 Å². The number of aromatic nitrogens is 2. The normalized spacial score (nSPS) is 10.4. The van der Waals surface area contributed by atoms with Gasteiger partial charge >= 0.3 is 0 Å². The zero-order chi connectivity index (χ0) is 17.8. The van der Waals surface area contributed by atoms with E-state index in [4.69, 9.17) is 0 Å². The standard InChI is InChI=1S/C18H14F2N4O/c1-11-4-2-5-13(8-11)23-18-21-9-12(10-22-18)17(25)24-16-14(19)6-3-7-15(16)20/h2-10H,1H3,(H,24,25)(H,21,22,23). The Morgan fingerprint density at radius 3 is 2.28 bits per heavy atom. The molecule has 3 aromatic rings. The topological polar surface area (TPSA) is 66.9 Å². The summed E-state index contributed by atoms with van der Waals surface area (Å²) in [7, 11) is 0. The molecule has 1 amide bonds. The van der Waals surface area contributed by atoms with Crippen molar-refractivity contribution in [3.8, 4) is 0 Å². The van der Waals surface area contributed by atoms with Gasteiger partial charge in [-0.05, 0) is 36.8 Å². The van der Waals surface area contributed by atoms with E-state index < -0.39 is 23.2 Å². The van der Waals surface area contributed by atoms with E-state index >= 15 is 0 Å². The van der Waals surface area contributed by atoms with Gasteiger partial charge in [0.25, 0.3) is 5.91 Å². The molecule has 0 bridgehead atoms. The van der Waals surface area contributed by atoms with Gasteiger partial charge < -0.3 is 10.6 Å². The summed E-state index contributed by atoms with van der Waals surface area (Å²) in [4.78, 5) is 20.2. The van der Waals surface area contributed by atoms with Crippen LogP contribution in [-0.4, -0.2) is 15.9 Å². The van der Waals surface area contributed by atoms with Crippen LogP contribution in [0.4, 0.5) is 26.1 Å². The fourth-order valence-corrected chi connectivity index (χ4v) is 2.16. The van der Waals surface area contributed by atoms with Crippen molar-refractivity contribution in [1.29, 1.82) is 0 Å². The van der Waals surface area contributed by atoms with Crippen LogP contribution in [0.2, 0.25) is 0 Å². The Morgan fingerprint density at radius 1 is 1.00 bits per heavy atom. The molecule has 126 valence electrons. The van der Waals surface area contributed by atoms with Crippen molar-refractivity contribution in [3.05, 3.63) is 77.6 Å². The number of benzene rings is 2. The molecule has 5 nitrogen and oxygen atoms in total. The van der Waals surface area contributed by atoms with Gasteiger partial charge in [0.15, 0.2) is 0 Å². The number of carbonyl (C=O) groups excluding carboxylic acids is 1. The van der Waals surface area contributed by atoms with Gasteiger partial charge in [0.1, 0.15) is 17.3 Å². The van der Waals surface area contributed by atoms with Gasteiger partial charge in [0.2, 0.25) is 5.95 Å². The first kappa shape index (κ1) is 16.5. The third kappa shape index (κ3) is 3.95. The molecule has 0 radical (unpaired) electrons. The Balaban J connectivity index is 1.72. The van der Waals surface area contributed by atoms with E-state index in [1.54, 1.807) is 0 Å². The van der Waals surface area contributed by atoms with Crippen LogP contribution in [0.1, 0.15) is 15.9 Å². The maximum absolute atomic E-state index is 13.6. The highest BCUT2D eigenvalue weighted by Crippen LogP contribution is 2.19. The number of nitrogens with one attached hydrogen (secondary N) is 2. The van der Waals surface area contributed by atoms with Gasteiger partial charge in [-0.2, -0.15) is 0 Å². The lowest BCUT2D eigenvalue weighted by atomic mass is 10.2. The van der Waals surface area contributed by atoms with E-state index in [0.717, 1.165) is 23.4 Å². The first-order valence-corrected chi connectivity index (χ1v) is 7.44. The number of aryl methyl sites for hydroxylation is 1. The number of halogens is 2. The molecule has 2 aromatic carbocycles. The Hall–Kier alpha value is -3.35. The summed E-state index contributed by atoms with van der Waals surface area (Å²) in [6.45, 7) is 1.96. The van der Waals surface area contributed by atoms with Crippen molar-refractivity contribution in [1.82, 2.24) is 9.97 Å². The van der Waals surface area contributed by atoms with E-state index in [9.17, 15) is 13.6 Å². The highest BCUT2D eigenvalue weighted by molar-refractivity contribution is 6.04. The predicted molar refractivity (Wildman–Crippen MR) is 90.8 cm³/mol. The summed E-state index contributed by atoms with van der Waals surface area (Å²) in [5.74, 6) is -2.11. The van der Waals surface area contributed by atoms with Gasteiger partial charge in [-0.15, -0.1) is 0 Å². The second kappa shape index (κ2) is 7.04. The lowest BCUT2D eigenvalue weighted by Gasteiger charge is -2.08. The second-order valence-corrected chi connectivity index (χ2v) is 5.34. The molecule has 0 aliphatic heterocycles. The molecule has 1 heterocycles. The lowest BCUT2D eigenvalue weighted by Crippen LogP contribution is -2.15. The molecule has 0 atom stereocenters. The van der Waals surface area contributed by atoms with Crippen LogP contribution in [0.3, 0.4) is 0 Å². The SMILES string of the molecule is Cc1cccc(Nc2ncc(C(=O)Nc3c(F)cccc3F)cn2)c1. The number of anilines is 3. The molecule has 0 saturated heterocycles. The minimum absolute atomic E-state index is 0.0810. The summed E-state index contributed by atoms with van der Waals surface area (Å²) in [6.07, 6.45) is 2.55. The van der Waals surface area contributed by atoms with Crippen molar-refractivity contribution in [2.45, 2.75) is 6.92 Å². The minimum atomic E-state index is -0.855. The molecule has 0 aliphatic carbocycles. The van der Waals surface area contributed by atoms with Crippen LogP contribution < -0.4 is 10.6 Å². The lowest BCUT2D eigenvalue weighted by molar-refractivity contribution is 0.102. The molecule has 0 saturated carbocycles. The molecule has 1 aromatic heterocycles. The fourth-order valence-electron chi connectivity index (χ4n) is 2.16. The summed E-state index contributed by atoms with van der Waals surface area (Å²) < 4.78 is 27.1. The molecule has 0 unspecified atom stereocenters. The zero-order valence-electron chi connectivity index (χ0n) is 13.3. The van der Waals surface area contributed by atoms with Crippen molar-refractivity contribution < 1.29 is 13.6 Å². The number of hydrogen-bond acceptors (Lipinski definition) is 4. The summed E-state index contributed by atoms with van der Waals surface area (Å²) >= 11 is 0. The molecule has 0 spiro atoms. The molecule has 0 fully saturated rings. The molecular weight excluding hydrogens is 326 g/mol. The number of nitrogens with zero attached hydrogens (tertiary/aromatic N) is 2. The van der Waals surface area contributed by atoms with Crippen LogP contribution in [-0.2, 0) is 0 Å². The van der Waals surface area contributed by atoms with Crippen LogP contribution in [0.15, 0.2) is 54.9 Å². The van der Waals surface area contributed by atoms with Crippen molar-refractivity contribution in [3.63, 3.8) is 0 Å². The third-order valence-electron chi connectivity index (χ3n) is 3.39. The number of hydrogen-bond donors (Lipinski definition) is 2. The number of rotatable bonds is 4. The van der Waals surface area contributed by atoms with Crippen molar-refractivity contribution in [2.24, 2.45) is 0 Å². The Morgan fingerprint density at radius 2 is 1.64 bits per heavy atom. The average molecular weight is 340 g/mol. The molecule has 3 rings (SSSR count). The largest absolute Gasteiger partial charge is 0.324 e. The summed E-state index contributed by atoms with van der Waals surface area (Å²) in [5, 5.41) is 5.19. The van der Waals surface area contributed by atoms with Crippen molar-refractivity contribution in [2.75, 3.05) is 10.6 Å². The summed E-state index contributed by atoms with van der Waals surface area (Å²) in [5.41, 5.74) is 1.46. The van der Waals surface area contributed by atoms with Gasteiger partial charge in [0.05, 0.1) is 5.56 Å². The quantitative estimate of drug-likeness (QED) is 0.752. The first-order valence-electron chi connectivity index (χ1n) is 7.44. The Kier molecular flexibility index (Phi) is 4.65. The van der Waals surface area contributed by atoms with Gasteiger partial charge in [-0.1, -0.05) is 18.2 Å². The Bertz CT molecular complexity index is 893. The predicted octanol–water partition coefficient (Wildman–Crippen LogP) is 4.06. The maximum Gasteiger partial charge on any atom is 0.258 e.